The summed E-state index contributed by atoms with van der Waals surface area (Å²) in [6.07, 6.45) is 0. The Hall–Kier alpha value is -2.15. The molecule has 0 saturated carbocycles. The van der Waals surface area contributed by atoms with Crippen molar-refractivity contribution in [2.75, 3.05) is 11.9 Å². The molecule has 0 radical (unpaired) electrons. The van der Waals surface area contributed by atoms with Gasteiger partial charge < -0.3 is 10.1 Å². The number of nitrogens with zero attached hydrogens (tertiary/aromatic N) is 1. The molecule has 0 saturated heterocycles. The van der Waals surface area contributed by atoms with Crippen LogP contribution in [0.2, 0.25) is 0 Å². The van der Waals surface area contributed by atoms with Gasteiger partial charge in [-0.15, -0.1) is 0 Å². The van der Waals surface area contributed by atoms with Crippen molar-refractivity contribution in [3.8, 4) is 11.5 Å². The summed E-state index contributed by atoms with van der Waals surface area (Å²) in [5, 5.41) is 14.1. The van der Waals surface area contributed by atoms with Gasteiger partial charge in [-0.25, -0.2) is 4.39 Å². The average Bonchev–Trinajstić information content (AvgIpc) is 2.42. The van der Waals surface area contributed by atoms with Crippen molar-refractivity contribution < 1.29 is 14.1 Å². The Morgan fingerprint density at radius 1 is 1.33 bits per heavy atom. The zero-order valence-electron chi connectivity index (χ0n) is 11.1. The van der Waals surface area contributed by atoms with E-state index >= 15 is 0 Å². The number of ether oxygens (including phenoxy) is 1. The van der Waals surface area contributed by atoms with Gasteiger partial charge in [0.15, 0.2) is 11.6 Å². The number of hydrogen-bond donors (Lipinski definition) is 1. The van der Waals surface area contributed by atoms with Crippen molar-refractivity contribution in [2.24, 2.45) is 0 Å². The molecule has 2 aromatic rings. The van der Waals surface area contributed by atoms with E-state index in [2.05, 4.69) is 21.2 Å². The number of benzene rings is 2. The topological polar surface area (TPSA) is 64.4 Å². The molecule has 7 heteroatoms. The summed E-state index contributed by atoms with van der Waals surface area (Å²) in [4.78, 5) is 10.7. The van der Waals surface area contributed by atoms with E-state index in [0.29, 0.717) is 16.7 Å². The molecule has 2 rings (SSSR count). The number of anilines is 1. The Balaban J connectivity index is 2.43. The molecule has 5 nitrogen and oxygen atoms in total. The van der Waals surface area contributed by atoms with Crippen LogP contribution in [0.5, 0.6) is 11.5 Å². The Kier molecular flexibility index (Phi) is 4.74. The molecule has 0 heterocycles. The number of rotatable bonds is 5. The lowest BCUT2D eigenvalue weighted by atomic mass is 10.2. The molecule has 0 unspecified atom stereocenters. The van der Waals surface area contributed by atoms with Crippen molar-refractivity contribution in [3.05, 3.63) is 56.8 Å². The third-order valence-corrected chi connectivity index (χ3v) is 3.16. The first kappa shape index (κ1) is 15.2. The summed E-state index contributed by atoms with van der Waals surface area (Å²) in [7, 11) is 0. The molecular weight excluding hydrogens is 343 g/mol. The highest BCUT2D eigenvalue weighted by molar-refractivity contribution is 9.10. The van der Waals surface area contributed by atoms with Crippen molar-refractivity contribution in [1.29, 1.82) is 0 Å². The van der Waals surface area contributed by atoms with E-state index in [-0.39, 0.29) is 17.2 Å². The first-order valence-corrected chi connectivity index (χ1v) is 6.96. The van der Waals surface area contributed by atoms with Crippen molar-refractivity contribution in [2.45, 2.75) is 6.92 Å². The molecule has 0 aliphatic rings. The summed E-state index contributed by atoms with van der Waals surface area (Å²) >= 11 is 3.14. The molecule has 0 aliphatic carbocycles. The minimum atomic E-state index is -0.604. The smallest absolute Gasteiger partial charge is 0.334 e. The van der Waals surface area contributed by atoms with Crippen LogP contribution in [0.25, 0.3) is 0 Å². The quantitative estimate of drug-likeness (QED) is 0.623. The second-order valence-electron chi connectivity index (χ2n) is 4.12. The molecule has 21 heavy (non-hydrogen) atoms. The first-order valence-electron chi connectivity index (χ1n) is 6.17. The van der Waals surface area contributed by atoms with Gasteiger partial charge in [0.25, 0.3) is 0 Å². The van der Waals surface area contributed by atoms with Crippen LogP contribution in [0.15, 0.2) is 40.9 Å². The third-order valence-electron chi connectivity index (χ3n) is 2.66. The summed E-state index contributed by atoms with van der Waals surface area (Å²) in [5.74, 6) is -0.692. The van der Waals surface area contributed by atoms with Gasteiger partial charge in [0.2, 0.25) is 5.75 Å². The van der Waals surface area contributed by atoms with Gasteiger partial charge in [0.05, 0.1) is 4.92 Å². The van der Waals surface area contributed by atoms with Gasteiger partial charge in [-0.3, -0.25) is 10.1 Å². The lowest BCUT2D eigenvalue weighted by molar-refractivity contribution is -0.384. The number of halogens is 2. The average molecular weight is 355 g/mol. The Labute approximate surface area is 129 Å². The van der Waals surface area contributed by atoms with E-state index in [1.165, 1.54) is 18.2 Å². The highest BCUT2D eigenvalue weighted by Gasteiger charge is 2.22. The Bertz CT molecular complexity index is 679. The Morgan fingerprint density at radius 3 is 2.71 bits per heavy atom. The molecule has 0 amide bonds. The summed E-state index contributed by atoms with van der Waals surface area (Å²) in [5.41, 5.74) is 0.110. The minimum absolute atomic E-state index is 0.0142. The molecule has 0 fully saturated rings. The van der Waals surface area contributed by atoms with Crippen LogP contribution in [0.1, 0.15) is 6.92 Å². The summed E-state index contributed by atoms with van der Waals surface area (Å²) < 4.78 is 19.7. The zero-order chi connectivity index (χ0) is 15.4. The number of nitro benzene ring substituents is 1. The fourth-order valence-corrected chi connectivity index (χ4v) is 2.14. The van der Waals surface area contributed by atoms with Crippen LogP contribution in [-0.2, 0) is 0 Å². The van der Waals surface area contributed by atoms with Gasteiger partial charge in [0, 0.05) is 11.0 Å². The first-order chi connectivity index (χ1) is 10.0. The van der Waals surface area contributed by atoms with Crippen molar-refractivity contribution >= 4 is 27.3 Å². The summed E-state index contributed by atoms with van der Waals surface area (Å²) in [6, 6.07) is 8.85. The highest BCUT2D eigenvalue weighted by Crippen LogP contribution is 2.38. The third kappa shape index (κ3) is 3.49. The van der Waals surface area contributed by atoms with Gasteiger partial charge in [0.1, 0.15) is 5.69 Å². The standard InChI is InChI=1S/C14H12BrFN2O3/c1-2-17-11-4-3-5-13(14(11)18(19)20)21-12-7-6-9(15)8-10(12)16/h3-8,17H,2H2,1H3. The predicted octanol–water partition coefficient (Wildman–Crippen LogP) is 4.72. The largest absolute Gasteiger partial charge is 0.447 e. The van der Waals surface area contributed by atoms with Gasteiger partial charge in [-0.1, -0.05) is 22.0 Å². The number of nitrogens with one attached hydrogen (secondary N) is 1. The van der Waals surface area contributed by atoms with Crippen LogP contribution >= 0.6 is 15.9 Å². The van der Waals surface area contributed by atoms with E-state index in [1.807, 2.05) is 6.92 Å². The second kappa shape index (κ2) is 6.53. The van der Waals surface area contributed by atoms with Crippen LogP contribution < -0.4 is 10.1 Å². The molecular formula is C14H12BrFN2O3. The fraction of sp³-hybridized carbons (Fsp3) is 0.143. The molecule has 0 bridgehead atoms. The highest BCUT2D eigenvalue weighted by atomic mass is 79.9. The number of para-hydroxylation sites is 1. The molecule has 1 N–H and O–H groups in total. The van der Waals surface area contributed by atoms with Crippen LogP contribution in [0.3, 0.4) is 0 Å². The summed E-state index contributed by atoms with van der Waals surface area (Å²) in [6.45, 7) is 2.35. The van der Waals surface area contributed by atoms with E-state index in [1.54, 1.807) is 18.2 Å². The van der Waals surface area contributed by atoms with Gasteiger partial charge in [-0.2, -0.15) is 0 Å². The van der Waals surface area contributed by atoms with Crippen molar-refractivity contribution in [3.63, 3.8) is 0 Å². The van der Waals surface area contributed by atoms with E-state index in [0.717, 1.165) is 0 Å². The van der Waals surface area contributed by atoms with Crippen LogP contribution in [0.4, 0.5) is 15.8 Å². The molecule has 0 spiro atoms. The second-order valence-corrected chi connectivity index (χ2v) is 5.03. The predicted molar refractivity (Wildman–Crippen MR) is 81.4 cm³/mol. The lowest BCUT2D eigenvalue weighted by Crippen LogP contribution is -2.03. The molecule has 0 atom stereocenters. The lowest BCUT2D eigenvalue weighted by Gasteiger charge is -2.10. The molecule has 110 valence electrons. The maximum Gasteiger partial charge on any atom is 0.334 e. The monoisotopic (exact) mass is 354 g/mol. The number of hydrogen-bond acceptors (Lipinski definition) is 4. The van der Waals surface area contributed by atoms with Crippen LogP contribution in [-0.4, -0.2) is 11.5 Å². The number of nitro groups is 1. The van der Waals surface area contributed by atoms with Crippen LogP contribution in [0, 0.1) is 15.9 Å². The Morgan fingerprint density at radius 2 is 2.10 bits per heavy atom. The van der Waals surface area contributed by atoms with Crippen molar-refractivity contribution in [1.82, 2.24) is 0 Å². The minimum Gasteiger partial charge on any atom is -0.447 e. The molecule has 0 aromatic heterocycles. The maximum atomic E-state index is 13.8. The fourth-order valence-electron chi connectivity index (χ4n) is 1.80. The normalized spacial score (nSPS) is 10.2. The molecule has 2 aromatic carbocycles. The SMILES string of the molecule is CCNc1cccc(Oc2ccc(Br)cc2F)c1[N+](=O)[O-]. The van der Waals surface area contributed by atoms with E-state index < -0.39 is 10.7 Å². The maximum absolute atomic E-state index is 13.8. The van der Waals surface area contributed by atoms with Gasteiger partial charge >= 0.3 is 5.69 Å². The van der Waals surface area contributed by atoms with Gasteiger partial charge in [-0.05, 0) is 37.3 Å². The molecule has 0 aliphatic heterocycles. The van der Waals surface area contributed by atoms with E-state index in [4.69, 9.17) is 4.74 Å². The van der Waals surface area contributed by atoms with E-state index in [9.17, 15) is 14.5 Å². The zero-order valence-corrected chi connectivity index (χ0v) is 12.7.